The molecule has 0 amide bonds. The van der Waals surface area contributed by atoms with Crippen LogP contribution in [0.2, 0.25) is 0 Å². The second-order valence-electron chi connectivity index (χ2n) is 7.15. The summed E-state index contributed by atoms with van der Waals surface area (Å²) in [5, 5.41) is 0. The summed E-state index contributed by atoms with van der Waals surface area (Å²) in [5.41, 5.74) is 1.18. The predicted octanol–water partition coefficient (Wildman–Crippen LogP) is 4.97. The smallest absolute Gasteiger partial charge is 0.231 e. The molecule has 0 spiro atoms. The summed E-state index contributed by atoms with van der Waals surface area (Å²) >= 11 is 0. The highest BCUT2D eigenvalue weighted by Crippen LogP contribution is 2.45. The van der Waals surface area contributed by atoms with Crippen LogP contribution in [-0.2, 0) is 16.8 Å². The maximum atomic E-state index is 13.9. The standard InChI is InChI=1S/C21H22F2O3/c1-24-21(16-2-5-19-20(12-16)26-13-25-19)8-6-14(7-9-21)10-15-11-17(22)3-4-18(15)23/h2-5,11-12,14H,6-10,13H2,1H3. The first-order valence-electron chi connectivity index (χ1n) is 8.99. The topological polar surface area (TPSA) is 27.7 Å². The van der Waals surface area contributed by atoms with Crippen LogP contribution in [0.4, 0.5) is 8.78 Å². The highest BCUT2D eigenvalue weighted by atomic mass is 19.1. The molecule has 4 rings (SSSR count). The maximum Gasteiger partial charge on any atom is 0.231 e. The fraction of sp³-hybridized carbons (Fsp3) is 0.429. The SMILES string of the molecule is COC1(c2ccc3c(c2)OCO3)CCC(Cc2cc(F)ccc2F)CC1. The van der Waals surface area contributed by atoms with Crippen LogP contribution in [0.1, 0.15) is 36.8 Å². The second-order valence-corrected chi connectivity index (χ2v) is 7.15. The normalized spacial score (nSPS) is 24.7. The fourth-order valence-electron chi connectivity index (χ4n) is 4.15. The number of benzene rings is 2. The molecule has 138 valence electrons. The lowest BCUT2D eigenvalue weighted by atomic mass is 9.73. The Kier molecular flexibility index (Phi) is 4.57. The predicted molar refractivity (Wildman–Crippen MR) is 93.3 cm³/mol. The van der Waals surface area contributed by atoms with Crippen molar-refractivity contribution in [1.29, 1.82) is 0 Å². The van der Waals surface area contributed by atoms with Crippen LogP contribution in [-0.4, -0.2) is 13.9 Å². The largest absolute Gasteiger partial charge is 0.454 e. The van der Waals surface area contributed by atoms with E-state index in [1.165, 1.54) is 12.1 Å². The molecule has 0 radical (unpaired) electrons. The molecule has 0 aromatic heterocycles. The van der Waals surface area contributed by atoms with E-state index in [9.17, 15) is 8.78 Å². The minimum Gasteiger partial charge on any atom is -0.454 e. The van der Waals surface area contributed by atoms with Crippen molar-refractivity contribution in [2.45, 2.75) is 37.7 Å². The van der Waals surface area contributed by atoms with Gasteiger partial charge in [0.05, 0.1) is 5.60 Å². The van der Waals surface area contributed by atoms with Gasteiger partial charge in [0, 0.05) is 7.11 Å². The average molecular weight is 360 g/mol. The van der Waals surface area contributed by atoms with Crippen LogP contribution in [0.25, 0.3) is 0 Å². The summed E-state index contributed by atoms with van der Waals surface area (Å²) in [6, 6.07) is 9.63. The molecule has 1 aliphatic carbocycles. The van der Waals surface area contributed by atoms with E-state index in [0.29, 0.717) is 17.9 Å². The zero-order valence-electron chi connectivity index (χ0n) is 14.8. The molecule has 0 atom stereocenters. The third-order valence-corrected chi connectivity index (χ3v) is 5.72. The monoisotopic (exact) mass is 360 g/mol. The van der Waals surface area contributed by atoms with Crippen LogP contribution < -0.4 is 9.47 Å². The summed E-state index contributed by atoms with van der Waals surface area (Å²) in [6.45, 7) is 0.250. The molecule has 1 aliphatic heterocycles. The van der Waals surface area contributed by atoms with E-state index in [4.69, 9.17) is 14.2 Å². The highest BCUT2D eigenvalue weighted by molar-refractivity contribution is 5.46. The van der Waals surface area contributed by atoms with Crippen molar-refractivity contribution in [2.24, 2.45) is 5.92 Å². The summed E-state index contributed by atoms with van der Waals surface area (Å²) in [4.78, 5) is 0. The molecule has 0 N–H and O–H groups in total. The zero-order chi connectivity index (χ0) is 18.1. The van der Waals surface area contributed by atoms with E-state index in [1.807, 2.05) is 18.2 Å². The van der Waals surface area contributed by atoms with E-state index in [0.717, 1.165) is 48.8 Å². The molecule has 26 heavy (non-hydrogen) atoms. The third-order valence-electron chi connectivity index (χ3n) is 5.72. The maximum absolute atomic E-state index is 13.9. The quantitative estimate of drug-likeness (QED) is 0.771. The molecular weight excluding hydrogens is 338 g/mol. The van der Waals surface area contributed by atoms with Crippen LogP contribution in [0.5, 0.6) is 11.5 Å². The van der Waals surface area contributed by atoms with Gasteiger partial charge < -0.3 is 14.2 Å². The van der Waals surface area contributed by atoms with Gasteiger partial charge in [-0.05, 0) is 79.5 Å². The van der Waals surface area contributed by atoms with Crippen molar-refractivity contribution in [2.75, 3.05) is 13.9 Å². The highest BCUT2D eigenvalue weighted by Gasteiger charge is 2.38. The molecule has 1 heterocycles. The number of hydrogen-bond acceptors (Lipinski definition) is 3. The molecule has 0 saturated heterocycles. The lowest BCUT2D eigenvalue weighted by Crippen LogP contribution is -2.34. The first kappa shape index (κ1) is 17.3. The van der Waals surface area contributed by atoms with Crippen molar-refractivity contribution in [3.05, 3.63) is 59.2 Å². The molecule has 0 bridgehead atoms. The lowest BCUT2D eigenvalue weighted by molar-refractivity contribution is -0.0546. The van der Waals surface area contributed by atoms with Crippen molar-refractivity contribution in [1.82, 2.24) is 0 Å². The average Bonchev–Trinajstić information content (AvgIpc) is 3.13. The van der Waals surface area contributed by atoms with Gasteiger partial charge >= 0.3 is 0 Å². The van der Waals surface area contributed by atoms with E-state index in [1.54, 1.807) is 7.11 Å². The van der Waals surface area contributed by atoms with Gasteiger partial charge in [-0.1, -0.05) is 6.07 Å². The summed E-state index contributed by atoms with van der Waals surface area (Å²) in [5.74, 6) is 1.12. The van der Waals surface area contributed by atoms with E-state index in [2.05, 4.69) is 0 Å². The number of rotatable bonds is 4. The number of methoxy groups -OCH3 is 1. The molecule has 3 nitrogen and oxygen atoms in total. The van der Waals surface area contributed by atoms with Crippen LogP contribution >= 0.6 is 0 Å². The Morgan fingerprint density at radius 3 is 2.58 bits per heavy atom. The molecule has 0 unspecified atom stereocenters. The van der Waals surface area contributed by atoms with Gasteiger partial charge in [0.15, 0.2) is 11.5 Å². The van der Waals surface area contributed by atoms with Crippen molar-refractivity contribution in [3.8, 4) is 11.5 Å². The summed E-state index contributed by atoms with van der Waals surface area (Å²) < 4.78 is 44.1. The molecular formula is C21H22F2O3. The number of halogens is 2. The van der Waals surface area contributed by atoms with E-state index < -0.39 is 0 Å². The van der Waals surface area contributed by atoms with Gasteiger partial charge in [-0.15, -0.1) is 0 Å². The Labute approximate surface area is 151 Å². The van der Waals surface area contributed by atoms with Crippen molar-refractivity contribution < 1.29 is 23.0 Å². The summed E-state index contributed by atoms with van der Waals surface area (Å²) in [6.07, 6.45) is 4.04. The van der Waals surface area contributed by atoms with Gasteiger partial charge in [0.25, 0.3) is 0 Å². The van der Waals surface area contributed by atoms with Gasteiger partial charge in [-0.25, -0.2) is 8.78 Å². The Morgan fingerprint density at radius 1 is 1.04 bits per heavy atom. The van der Waals surface area contributed by atoms with Gasteiger partial charge in [0.2, 0.25) is 6.79 Å². The molecule has 1 saturated carbocycles. The number of fused-ring (bicyclic) bond motifs is 1. The van der Waals surface area contributed by atoms with Crippen LogP contribution in [0.15, 0.2) is 36.4 Å². The molecule has 2 aliphatic rings. The van der Waals surface area contributed by atoms with E-state index >= 15 is 0 Å². The molecule has 2 aromatic rings. The molecule has 2 aromatic carbocycles. The number of ether oxygens (including phenoxy) is 3. The minimum atomic E-state index is -0.385. The van der Waals surface area contributed by atoms with Crippen molar-refractivity contribution >= 4 is 0 Å². The Balaban J connectivity index is 1.48. The molecule has 1 fully saturated rings. The Bertz CT molecular complexity index is 798. The number of hydrogen-bond donors (Lipinski definition) is 0. The third kappa shape index (κ3) is 3.16. The zero-order valence-corrected chi connectivity index (χ0v) is 14.8. The van der Waals surface area contributed by atoms with Crippen molar-refractivity contribution in [3.63, 3.8) is 0 Å². The van der Waals surface area contributed by atoms with Gasteiger partial charge in [-0.3, -0.25) is 0 Å². The first-order chi connectivity index (χ1) is 12.6. The van der Waals surface area contributed by atoms with Gasteiger partial charge in [-0.2, -0.15) is 0 Å². The summed E-state index contributed by atoms with van der Waals surface area (Å²) in [7, 11) is 1.73. The lowest BCUT2D eigenvalue weighted by Gasteiger charge is -2.39. The minimum absolute atomic E-state index is 0.250. The van der Waals surface area contributed by atoms with Gasteiger partial charge in [0.1, 0.15) is 11.6 Å². The fourth-order valence-corrected chi connectivity index (χ4v) is 4.15. The Morgan fingerprint density at radius 2 is 1.81 bits per heavy atom. The van der Waals surface area contributed by atoms with Crippen LogP contribution in [0, 0.1) is 17.6 Å². The Hall–Kier alpha value is -2.14. The second kappa shape index (κ2) is 6.88. The molecule has 5 heteroatoms. The van der Waals surface area contributed by atoms with Crippen LogP contribution in [0.3, 0.4) is 0 Å². The van der Waals surface area contributed by atoms with E-state index in [-0.39, 0.29) is 24.0 Å². The first-order valence-corrected chi connectivity index (χ1v) is 8.99.